The maximum atomic E-state index is 13.5. The van der Waals surface area contributed by atoms with Gasteiger partial charge in [-0.3, -0.25) is 9.59 Å². The molecule has 0 radical (unpaired) electrons. The highest BCUT2D eigenvalue weighted by atomic mass is 79.9. The van der Waals surface area contributed by atoms with Gasteiger partial charge in [-0.25, -0.2) is 0 Å². The van der Waals surface area contributed by atoms with Gasteiger partial charge in [0.1, 0.15) is 6.54 Å². The Morgan fingerprint density at radius 2 is 1.82 bits per heavy atom. The molecule has 1 aliphatic heterocycles. The van der Waals surface area contributed by atoms with Crippen molar-refractivity contribution >= 4 is 33.4 Å². The maximum Gasteiger partial charge on any atom is 0.255 e. The van der Waals surface area contributed by atoms with Crippen molar-refractivity contribution in [1.29, 1.82) is 0 Å². The summed E-state index contributed by atoms with van der Waals surface area (Å²) in [4.78, 5) is 27.7. The van der Waals surface area contributed by atoms with Crippen LogP contribution < -0.4 is 5.32 Å². The van der Waals surface area contributed by atoms with Gasteiger partial charge in [0.2, 0.25) is 5.91 Å². The predicted molar refractivity (Wildman–Crippen MR) is 113 cm³/mol. The van der Waals surface area contributed by atoms with Crippen molar-refractivity contribution in [3.05, 3.63) is 99.5 Å². The van der Waals surface area contributed by atoms with E-state index < -0.39 is 0 Å². The van der Waals surface area contributed by atoms with Gasteiger partial charge in [-0.05, 0) is 42.8 Å². The molecule has 1 N–H and O–H groups in total. The SMILES string of the molecule is Cc1cccc(C(=O)N2CC(=O)Nc3ccc(Br)cc3[C@@H]2c2ccccc2)c1. The summed E-state index contributed by atoms with van der Waals surface area (Å²) >= 11 is 3.53. The zero-order valence-corrected chi connectivity index (χ0v) is 16.9. The monoisotopic (exact) mass is 434 g/mol. The Balaban J connectivity index is 1.89. The van der Waals surface area contributed by atoms with Gasteiger partial charge in [-0.2, -0.15) is 0 Å². The zero-order valence-electron chi connectivity index (χ0n) is 15.4. The number of nitrogens with one attached hydrogen (secondary N) is 1. The second kappa shape index (κ2) is 7.60. The number of fused-ring (bicyclic) bond motifs is 1. The number of hydrogen-bond donors (Lipinski definition) is 1. The largest absolute Gasteiger partial charge is 0.324 e. The topological polar surface area (TPSA) is 49.4 Å². The molecule has 28 heavy (non-hydrogen) atoms. The quantitative estimate of drug-likeness (QED) is 0.620. The Labute approximate surface area is 172 Å². The van der Waals surface area contributed by atoms with Crippen LogP contribution >= 0.6 is 15.9 Å². The van der Waals surface area contributed by atoms with Crippen molar-refractivity contribution in [3.8, 4) is 0 Å². The summed E-state index contributed by atoms with van der Waals surface area (Å²) in [6.45, 7) is 1.94. The van der Waals surface area contributed by atoms with Gasteiger partial charge in [0.15, 0.2) is 0 Å². The molecule has 0 bridgehead atoms. The fourth-order valence-electron chi connectivity index (χ4n) is 3.61. The van der Waals surface area contributed by atoms with E-state index in [-0.39, 0.29) is 24.4 Å². The highest BCUT2D eigenvalue weighted by Crippen LogP contribution is 2.38. The molecule has 0 saturated heterocycles. The minimum atomic E-state index is -0.374. The van der Waals surface area contributed by atoms with Crippen LogP contribution in [-0.4, -0.2) is 23.3 Å². The molecule has 0 unspecified atom stereocenters. The molecule has 0 saturated carbocycles. The van der Waals surface area contributed by atoms with Crippen molar-refractivity contribution < 1.29 is 9.59 Å². The van der Waals surface area contributed by atoms with Crippen LogP contribution in [0.3, 0.4) is 0 Å². The second-order valence-corrected chi connectivity index (χ2v) is 7.81. The first kappa shape index (κ1) is 18.4. The molecule has 0 fully saturated rings. The Kier molecular flexibility index (Phi) is 5.01. The van der Waals surface area contributed by atoms with Crippen molar-refractivity contribution in [2.24, 2.45) is 0 Å². The molecule has 3 aromatic rings. The number of hydrogen-bond acceptors (Lipinski definition) is 2. The second-order valence-electron chi connectivity index (χ2n) is 6.90. The van der Waals surface area contributed by atoms with Gasteiger partial charge in [0.25, 0.3) is 5.91 Å². The molecule has 2 amide bonds. The third-order valence-corrected chi connectivity index (χ3v) is 5.34. The predicted octanol–water partition coefficient (Wildman–Crippen LogP) is 4.94. The number of nitrogens with zero attached hydrogens (tertiary/aromatic N) is 1. The average molecular weight is 435 g/mol. The molecule has 140 valence electrons. The molecule has 1 atom stereocenters. The molecule has 4 rings (SSSR count). The summed E-state index contributed by atoms with van der Waals surface area (Å²) in [6, 6.07) is 22.6. The van der Waals surface area contributed by atoms with Crippen LogP contribution in [0.2, 0.25) is 0 Å². The number of rotatable bonds is 2. The van der Waals surface area contributed by atoms with E-state index in [1.807, 2.05) is 73.7 Å². The van der Waals surface area contributed by atoms with E-state index in [4.69, 9.17) is 0 Å². The minimum absolute atomic E-state index is 0.0152. The molecular weight excluding hydrogens is 416 g/mol. The molecule has 3 aromatic carbocycles. The van der Waals surface area contributed by atoms with Crippen molar-refractivity contribution in [1.82, 2.24) is 4.90 Å². The van der Waals surface area contributed by atoms with Gasteiger partial charge in [-0.1, -0.05) is 64.0 Å². The molecule has 1 aliphatic rings. The Morgan fingerprint density at radius 1 is 1.04 bits per heavy atom. The maximum absolute atomic E-state index is 13.5. The van der Waals surface area contributed by atoms with Crippen LogP contribution in [0, 0.1) is 6.92 Å². The number of carbonyl (C=O) groups excluding carboxylic acids is 2. The first-order valence-corrected chi connectivity index (χ1v) is 9.84. The fraction of sp³-hybridized carbons (Fsp3) is 0.130. The number of anilines is 1. The molecule has 1 heterocycles. The molecule has 0 aliphatic carbocycles. The van der Waals surface area contributed by atoms with Crippen molar-refractivity contribution in [3.63, 3.8) is 0 Å². The molecule has 4 nitrogen and oxygen atoms in total. The third-order valence-electron chi connectivity index (χ3n) is 4.85. The Hall–Kier alpha value is -2.92. The van der Waals surface area contributed by atoms with Crippen LogP contribution in [-0.2, 0) is 4.79 Å². The Morgan fingerprint density at radius 3 is 2.57 bits per heavy atom. The van der Waals surface area contributed by atoms with Crippen LogP contribution in [0.5, 0.6) is 0 Å². The van der Waals surface area contributed by atoms with E-state index in [2.05, 4.69) is 21.2 Å². The lowest BCUT2D eigenvalue weighted by Gasteiger charge is -2.31. The van der Waals surface area contributed by atoms with Crippen LogP contribution in [0.1, 0.15) is 33.1 Å². The summed E-state index contributed by atoms with van der Waals surface area (Å²) < 4.78 is 0.895. The van der Waals surface area contributed by atoms with E-state index in [9.17, 15) is 9.59 Å². The standard InChI is InChI=1S/C23H19BrN2O2/c1-15-6-5-9-17(12-15)23(28)26-14-21(27)25-20-11-10-18(24)13-19(20)22(26)16-7-3-2-4-8-16/h2-13,22H,14H2,1H3,(H,25,27)/t22-/m0/s1. The number of aryl methyl sites for hydroxylation is 1. The normalized spacial score (nSPS) is 16.1. The van der Waals surface area contributed by atoms with E-state index in [1.165, 1.54) is 0 Å². The number of carbonyl (C=O) groups is 2. The van der Waals surface area contributed by atoms with Crippen LogP contribution in [0.15, 0.2) is 77.3 Å². The Bertz CT molecular complexity index is 1050. The summed E-state index contributed by atoms with van der Waals surface area (Å²) in [6.07, 6.45) is 0. The van der Waals surface area contributed by atoms with Crippen LogP contribution in [0.4, 0.5) is 5.69 Å². The van der Waals surface area contributed by atoms with Crippen molar-refractivity contribution in [2.75, 3.05) is 11.9 Å². The van der Waals surface area contributed by atoms with E-state index in [0.717, 1.165) is 26.9 Å². The van der Waals surface area contributed by atoms with Gasteiger partial charge in [0.05, 0.1) is 6.04 Å². The summed E-state index contributed by atoms with van der Waals surface area (Å²) in [5.74, 6) is -0.372. The minimum Gasteiger partial charge on any atom is -0.324 e. The highest BCUT2D eigenvalue weighted by Gasteiger charge is 2.34. The van der Waals surface area contributed by atoms with Gasteiger partial charge >= 0.3 is 0 Å². The molecule has 0 spiro atoms. The zero-order chi connectivity index (χ0) is 19.7. The first-order valence-electron chi connectivity index (χ1n) is 9.05. The van der Waals surface area contributed by atoms with Gasteiger partial charge in [-0.15, -0.1) is 0 Å². The average Bonchev–Trinajstić information content (AvgIpc) is 2.83. The smallest absolute Gasteiger partial charge is 0.255 e. The van der Waals surface area contributed by atoms with Crippen LogP contribution in [0.25, 0.3) is 0 Å². The number of amides is 2. The van der Waals surface area contributed by atoms with E-state index in [0.29, 0.717) is 5.56 Å². The van der Waals surface area contributed by atoms with Crippen molar-refractivity contribution in [2.45, 2.75) is 13.0 Å². The van der Waals surface area contributed by atoms with E-state index >= 15 is 0 Å². The molecule has 5 heteroatoms. The lowest BCUT2D eigenvalue weighted by Crippen LogP contribution is -2.39. The van der Waals surface area contributed by atoms with Gasteiger partial charge in [0, 0.05) is 21.3 Å². The number of benzene rings is 3. The molecule has 0 aromatic heterocycles. The lowest BCUT2D eigenvalue weighted by molar-refractivity contribution is -0.117. The lowest BCUT2D eigenvalue weighted by atomic mass is 9.95. The number of halogens is 1. The molecular formula is C23H19BrN2O2. The summed E-state index contributed by atoms with van der Waals surface area (Å²) in [5.41, 5.74) is 4.14. The van der Waals surface area contributed by atoms with E-state index in [1.54, 1.807) is 11.0 Å². The fourth-order valence-corrected chi connectivity index (χ4v) is 3.98. The third kappa shape index (κ3) is 3.58. The highest BCUT2D eigenvalue weighted by molar-refractivity contribution is 9.10. The first-order chi connectivity index (χ1) is 13.5. The van der Waals surface area contributed by atoms with Gasteiger partial charge < -0.3 is 10.2 Å². The summed E-state index contributed by atoms with van der Waals surface area (Å²) in [7, 11) is 0. The summed E-state index contributed by atoms with van der Waals surface area (Å²) in [5, 5.41) is 2.94.